The van der Waals surface area contributed by atoms with Crippen LogP contribution in [-0.4, -0.2) is 24.4 Å². The average molecular weight is 405 g/mol. The summed E-state index contributed by atoms with van der Waals surface area (Å²) in [6.07, 6.45) is 0. The fraction of sp³-hybridized carbons (Fsp3) is 0.200. The summed E-state index contributed by atoms with van der Waals surface area (Å²) in [4.78, 5) is 26.0. The summed E-state index contributed by atoms with van der Waals surface area (Å²) in [6, 6.07) is 12.2. The molecule has 0 aliphatic rings. The third-order valence-corrected chi connectivity index (χ3v) is 4.70. The van der Waals surface area contributed by atoms with Crippen molar-refractivity contribution in [2.75, 3.05) is 18.9 Å². The Morgan fingerprint density at radius 1 is 1.15 bits per heavy atom. The molecule has 7 heteroatoms. The van der Waals surface area contributed by atoms with E-state index in [1.807, 2.05) is 25.1 Å². The Kier molecular flexibility index (Phi) is 5.85. The summed E-state index contributed by atoms with van der Waals surface area (Å²) in [5.41, 5.74) is 2.32. The van der Waals surface area contributed by atoms with Gasteiger partial charge in [0.05, 0.1) is 22.3 Å². The fourth-order valence-electron chi connectivity index (χ4n) is 2.86. The summed E-state index contributed by atoms with van der Waals surface area (Å²) in [5.74, 6) is -0.254. The largest absolute Gasteiger partial charge is 0.423 e. The molecule has 1 N–H and O–H groups in total. The monoisotopic (exact) mass is 404 g/mol. The van der Waals surface area contributed by atoms with Crippen molar-refractivity contribution in [1.29, 1.82) is 0 Å². The third kappa shape index (κ3) is 4.69. The lowest BCUT2D eigenvalue weighted by atomic mass is 10.1. The van der Waals surface area contributed by atoms with Gasteiger partial charge in [-0.05, 0) is 43.3 Å². The molecular weight excluding hydrogens is 387 g/mol. The van der Waals surface area contributed by atoms with Crippen LogP contribution in [0.4, 0.5) is 5.69 Å². The molecule has 3 rings (SSSR count). The molecule has 1 amide bonds. The van der Waals surface area contributed by atoms with Crippen LogP contribution in [0.15, 0.2) is 51.7 Å². The van der Waals surface area contributed by atoms with Crippen molar-refractivity contribution in [1.82, 2.24) is 4.90 Å². The zero-order valence-electron chi connectivity index (χ0n) is 14.9. The Balaban J connectivity index is 1.74. The minimum absolute atomic E-state index is 0.106. The minimum Gasteiger partial charge on any atom is -0.423 e. The van der Waals surface area contributed by atoms with Gasteiger partial charge in [0.1, 0.15) is 5.58 Å². The highest BCUT2D eigenvalue weighted by atomic mass is 35.5. The fourth-order valence-corrected chi connectivity index (χ4v) is 3.35. The van der Waals surface area contributed by atoms with Crippen LogP contribution in [0.3, 0.4) is 0 Å². The van der Waals surface area contributed by atoms with E-state index in [4.69, 9.17) is 27.6 Å². The number of anilines is 1. The van der Waals surface area contributed by atoms with Crippen LogP contribution >= 0.6 is 23.2 Å². The van der Waals surface area contributed by atoms with E-state index in [1.54, 1.807) is 30.1 Å². The summed E-state index contributed by atoms with van der Waals surface area (Å²) in [5, 5.41) is 4.33. The number of amides is 1. The van der Waals surface area contributed by atoms with Gasteiger partial charge < -0.3 is 9.73 Å². The molecule has 3 aromatic rings. The van der Waals surface area contributed by atoms with E-state index < -0.39 is 5.63 Å². The molecule has 5 nitrogen and oxygen atoms in total. The molecule has 0 bridgehead atoms. The zero-order chi connectivity index (χ0) is 19.6. The maximum absolute atomic E-state index is 12.3. The topological polar surface area (TPSA) is 62.6 Å². The van der Waals surface area contributed by atoms with Crippen molar-refractivity contribution in [3.05, 3.63) is 74.1 Å². The van der Waals surface area contributed by atoms with Crippen molar-refractivity contribution >= 4 is 45.8 Å². The molecule has 0 radical (unpaired) electrons. The van der Waals surface area contributed by atoms with E-state index in [0.717, 1.165) is 16.5 Å². The zero-order valence-corrected chi connectivity index (χ0v) is 16.4. The number of carbonyl (C=O) groups excluding carboxylic acids is 1. The van der Waals surface area contributed by atoms with Gasteiger partial charge in [-0.3, -0.25) is 9.69 Å². The first-order valence-corrected chi connectivity index (χ1v) is 9.05. The van der Waals surface area contributed by atoms with Crippen molar-refractivity contribution in [2.24, 2.45) is 0 Å². The predicted octanol–water partition coefficient (Wildman–Crippen LogP) is 4.48. The van der Waals surface area contributed by atoms with Gasteiger partial charge in [-0.15, -0.1) is 0 Å². The first-order valence-electron chi connectivity index (χ1n) is 8.29. The van der Waals surface area contributed by atoms with Crippen LogP contribution in [0.2, 0.25) is 10.0 Å². The van der Waals surface area contributed by atoms with Crippen molar-refractivity contribution in [3.63, 3.8) is 0 Å². The van der Waals surface area contributed by atoms with E-state index in [-0.39, 0.29) is 12.5 Å². The quantitative estimate of drug-likeness (QED) is 0.636. The number of halogens is 2. The van der Waals surface area contributed by atoms with Crippen LogP contribution in [0.1, 0.15) is 11.1 Å². The maximum Gasteiger partial charge on any atom is 0.336 e. The van der Waals surface area contributed by atoms with Gasteiger partial charge in [0.2, 0.25) is 5.91 Å². The van der Waals surface area contributed by atoms with Gasteiger partial charge in [0.25, 0.3) is 0 Å². The Bertz CT molecular complexity index is 1040. The summed E-state index contributed by atoms with van der Waals surface area (Å²) in [6.45, 7) is 2.45. The Morgan fingerprint density at radius 2 is 1.85 bits per heavy atom. The van der Waals surface area contributed by atoms with Gasteiger partial charge in [0, 0.05) is 18.0 Å². The van der Waals surface area contributed by atoms with Crippen LogP contribution in [-0.2, 0) is 11.3 Å². The number of fused-ring (bicyclic) bond motifs is 1. The number of hydrogen-bond donors (Lipinski definition) is 1. The molecule has 1 heterocycles. The number of carbonyl (C=O) groups is 1. The standard InChI is InChI=1S/C20H18Cl2N2O3/c1-12-6-7-14-13(9-19(26)27-17(14)8-12)10-24(2)11-18(25)23-20-15(21)4-3-5-16(20)22/h3-9H,10-11H2,1-2H3,(H,23,25). The van der Waals surface area contributed by atoms with Crippen molar-refractivity contribution < 1.29 is 9.21 Å². The molecule has 0 saturated heterocycles. The predicted molar refractivity (Wildman–Crippen MR) is 109 cm³/mol. The Morgan fingerprint density at radius 3 is 2.56 bits per heavy atom. The van der Waals surface area contributed by atoms with E-state index in [9.17, 15) is 9.59 Å². The van der Waals surface area contributed by atoms with Gasteiger partial charge in [-0.25, -0.2) is 4.79 Å². The molecule has 0 spiro atoms. The van der Waals surface area contributed by atoms with Gasteiger partial charge in [0.15, 0.2) is 0 Å². The summed E-state index contributed by atoms with van der Waals surface area (Å²) in [7, 11) is 1.79. The summed E-state index contributed by atoms with van der Waals surface area (Å²) < 4.78 is 5.27. The lowest BCUT2D eigenvalue weighted by Crippen LogP contribution is -2.30. The number of hydrogen-bond acceptors (Lipinski definition) is 4. The highest BCUT2D eigenvalue weighted by molar-refractivity contribution is 6.39. The second-order valence-corrected chi connectivity index (χ2v) is 7.22. The van der Waals surface area contributed by atoms with E-state index in [1.165, 1.54) is 6.07 Å². The smallest absolute Gasteiger partial charge is 0.336 e. The maximum atomic E-state index is 12.3. The van der Waals surface area contributed by atoms with Crippen molar-refractivity contribution in [2.45, 2.75) is 13.5 Å². The highest BCUT2D eigenvalue weighted by Gasteiger charge is 2.14. The third-order valence-electron chi connectivity index (χ3n) is 4.07. The van der Waals surface area contributed by atoms with E-state index >= 15 is 0 Å². The van der Waals surface area contributed by atoms with E-state index in [0.29, 0.717) is 27.9 Å². The number of aryl methyl sites for hydroxylation is 1. The first kappa shape index (κ1) is 19.4. The Hall–Kier alpha value is -2.34. The number of para-hydroxylation sites is 1. The van der Waals surface area contributed by atoms with Crippen LogP contribution in [0.5, 0.6) is 0 Å². The first-order chi connectivity index (χ1) is 12.8. The molecule has 140 valence electrons. The van der Waals surface area contributed by atoms with E-state index in [2.05, 4.69) is 5.32 Å². The second kappa shape index (κ2) is 8.13. The normalized spacial score (nSPS) is 11.1. The van der Waals surface area contributed by atoms with Gasteiger partial charge >= 0.3 is 5.63 Å². The second-order valence-electron chi connectivity index (χ2n) is 6.41. The molecular formula is C20H18Cl2N2O3. The van der Waals surface area contributed by atoms with Gasteiger partial charge in [-0.2, -0.15) is 0 Å². The lowest BCUT2D eigenvalue weighted by molar-refractivity contribution is -0.117. The molecule has 0 fully saturated rings. The Labute approximate surface area is 166 Å². The number of nitrogens with one attached hydrogen (secondary N) is 1. The molecule has 0 unspecified atom stereocenters. The van der Waals surface area contributed by atoms with Crippen LogP contribution in [0.25, 0.3) is 11.0 Å². The van der Waals surface area contributed by atoms with Crippen molar-refractivity contribution in [3.8, 4) is 0 Å². The molecule has 0 aliphatic carbocycles. The highest BCUT2D eigenvalue weighted by Crippen LogP contribution is 2.29. The minimum atomic E-state index is -0.413. The molecule has 0 saturated carbocycles. The molecule has 2 aromatic carbocycles. The van der Waals surface area contributed by atoms with Crippen LogP contribution in [0, 0.1) is 6.92 Å². The number of likely N-dealkylation sites (N-methyl/N-ethyl adjacent to an activating group) is 1. The average Bonchev–Trinajstić information content (AvgIpc) is 2.57. The van der Waals surface area contributed by atoms with Gasteiger partial charge in [-0.1, -0.05) is 41.4 Å². The molecule has 1 aromatic heterocycles. The number of nitrogens with zero attached hydrogens (tertiary/aromatic N) is 1. The van der Waals surface area contributed by atoms with Crippen LogP contribution < -0.4 is 10.9 Å². The molecule has 27 heavy (non-hydrogen) atoms. The lowest BCUT2D eigenvalue weighted by Gasteiger charge is -2.18. The SMILES string of the molecule is Cc1ccc2c(CN(C)CC(=O)Nc3c(Cl)cccc3Cl)cc(=O)oc2c1. The molecule has 0 aliphatic heterocycles. The number of rotatable bonds is 5. The summed E-state index contributed by atoms with van der Waals surface area (Å²) >= 11 is 12.2. The molecule has 0 atom stereocenters. The number of benzene rings is 2.